The lowest BCUT2D eigenvalue weighted by Gasteiger charge is -2.06. The molecular weight excluding hydrogens is 318 g/mol. The summed E-state index contributed by atoms with van der Waals surface area (Å²) in [6.07, 6.45) is 2.81. The summed E-state index contributed by atoms with van der Waals surface area (Å²) >= 11 is 1.77. The molecule has 0 saturated carbocycles. The Morgan fingerprint density at radius 3 is 2.54 bits per heavy atom. The number of nitrogens with zero attached hydrogens (tertiary/aromatic N) is 2. The number of anilines is 1. The summed E-state index contributed by atoms with van der Waals surface area (Å²) in [6.45, 7) is 0.944. The van der Waals surface area contributed by atoms with Crippen molar-refractivity contribution in [2.45, 2.75) is 17.9 Å². The number of thioether (sulfide) groups is 1. The molecule has 3 rings (SSSR count). The van der Waals surface area contributed by atoms with Gasteiger partial charge in [0.05, 0.1) is 17.9 Å². The van der Waals surface area contributed by atoms with E-state index in [-0.39, 0.29) is 6.61 Å². The third-order valence-electron chi connectivity index (χ3n) is 3.56. The average Bonchev–Trinajstić information content (AvgIpc) is 3.11. The minimum absolute atomic E-state index is 0.252. The topological polar surface area (TPSA) is 50.1 Å². The van der Waals surface area contributed by atoms with Crippen LogP contribution in [0.5, 0.6) is 0 Å². The summed E-state index contributed by atoms with van der Waals surface area (Å²) < 4.78 is 1.89. The lowest BCUT2D eigenvalue weighted by atomic mass is 10.3. The van der Waals surface area contributed by atoms with Crippen molar-refractivity contribution >= 4 is 17.4 Å². The molecule has 124 valence electrons. The smallest absolute Gasteiger partial charge is 0.0819 e. The van der Waals surface area contributed by atoms with Crippen molar-refractivity contribution in [3.63, 3.8) is 0 Å². The highest BCUT2D eigenvalue weighted by Crippen LogP contribution is 2.21. The van der Waals surface area contributed by atoms with Gasteiger partial charge in [-0.1, -0.05) is 18.2 Å². The van der Waals surface area contributed by atoms with E-state index in [1.54, 1.807) is 11.8 Å². The normalized spacial score (nSPS) is 10.7. The van der Waals surface area contributed by atoms with Crippen LogP contribution in [0.4, 0.5) is 5.69 Å². The zero-order valence-corrected chi connectivity index (χ0v) is 14.2. The number of nitrogens with one attached hydrogen (secondary N) is 1. The molecule has 1 aromatic heterocycles. The molecule has 0 amide bonds. The van der Waals surface area contributed by atoms with Crippen LogP contribution in [-0.4, -0.2) is 27.2 Å². The SMILES string of the molecule is OCCCSc1ccc(NCc2ccn(-c3ccccc3)n2)cc1. The predicted molar refractivity (Wildman–Crippen MR) is 99.8 cm³/mol. The fourth-order valence-electron chi connectivity index (χ4n) is 2.30. The van der Waals surface area contributed by atoms with Gasteiger partial charge in [0.1, 0.15) is 0 Å². The molecule has 1 heterocycles. The van der Waals surface area contributed by atoms with Gasteiger partial charge in [-0.05, 0) is 48.9 Å². The minimum Gasteiger partial charge on any atom is -0.396 e. The molecule has 3 aromatic rings. The zero-order chi connectivity index (χ0) is 16.6. The van der Waals surface area contributed by atoms with Crippen LogP contribution in [0.2, 0.25) is 0 Å². The van der Waals surface area contributed by atoms with E-state index in [1.807, 2.05) is 47.3 Å². The molecule has 5 heteroatoms. The van der Waals surface area contributed by atoms with Crippen molar-refractivity contribution in [3.8, 4) is 5.69 Å². The third-order valence-corrected chi connectivity index (χ3v) is 4.66. The van der Waals surface area contributed by atoms with E-state index in [0.717, 1.165) is 29.2 Å². The highest BCUT2D eigenvalue weighted by molar-refractivity contribution is 7.99. The van der Waals surface area contributed by atoms with E-state index >= 15 is 0 Å². The first-order valence-corrected chi connectivity index (χ1v) is 9.01. The summed E-state index contributed by atoms with van der Waals surface area (Å²) in [5, 5.41) is 16.8. The molecule has 2 N–H and O–H groups in total. The zero-order valence-electron chi connectivity index (χ0n) is 13.4. The number of aliphatic hydroxyl groups excluding tert-OH is 1. The first-order chi connectivity index (χ1) is 11.8. The van der Waals surface area contributed by atoms with Gasteiger partial charge in [-0.3, -0.25) is 0 Å². The van der Waals surface area contributed by atoms with Crippen molar-refractivity contribution in [2.75, 3.05) is 17.7 Å². The molecule has 4 nitrogen and oxygen atoms in total. The Morgan fingerprint density at radius 2 is 1.79 bits per heavy atom. The molecule has 0 atom stereocenters. The summed E-state index contributed by atoms with van der Waals surface area (Å²) in [7, 11) is 0. The highest BCUT2D eigenvalue weighted by Gasteiger charge is 2.01. The molecule has 0 unspecified atom stereocenters. The second-order valence-electron chi connectivity index (χ2n) is 5.39. The molecule has 0 aliphatic carbocycles. The molecule has 0 radical (unpaired) electrons. The molecule has 24 heavy (non-hydrogen) atoms. The van der Waals surface area contributed by atoms with E-state index in [4.69, 9.17) is 5.11 Å². The Labute approximate surface area is 146 Å². The van der Waals surface area contributed by atoms with Crippen molar-refractivity contribution < 1.29 is 5.11 Å². The van der Waals surface area contributed by atoms with E-state index in [1.165, 1.54) is 4.90 Å². The Hall–Kier alpha value is -2.24. The van der Waals surface area contributed by atoms with Crippen molar-refractivity contribution in [3.05, 3.63) is 72.6 Å². The fourth-order valence-corrected chi connectivity index (χ4v) is 3.13. The molecular formula is C19H21N3OS. The third kappa shape index (κ3) is 4.63. The molecule has 0 aliphatic heterocycles. The maximum atomic E-state index is 8.81. The van der Waals surface area contributed by atoms with Crippen LogP contribution < -0.4 is 5.32 Å². The molecule has 0 saturated heterocycles. The number of benzene rings is 2. The summed E-state index contributed by atoms with van der Waals surface area (Å²) in [5.74, 6) is 0.945. The van der Waals surface area contributed by atoms with Crippen LogP contribution >= 0.6 is 11.8 Å². The van der Waals surface area contributed by atoms with Crippen LogP contribution in [0.1, 0.15) is 12.1 Å². The van der Waals surface area contributed by atoms with Gasteiger partial charge in [0.2, 0.25) is 0 Å². The second kappa shape index (κ2) is 8.57. The van der Waals surface area contributed by atoms with Crippen LogP contribution in [0.3, 0.4) is 0 Å². The Kier molecular flexibility index (Phi) is 5.93. The van der Waals surface area contributed by atoms with Gasteiger partial charge in [-0.2, -0.15) is 5.10 Å². The maximum Gasteiger partial charge on any atom is 0.0819 e. The molecule has 0 fully saturated rings. The maximum absolute atomic E-state index is 8.81. The van der Waals surface area contributed by atoms with Crippen LogP contribution in [0, 0.1) is 0 Å². The van der Waals surface area contributed by atoms with Crippen molar-refractivity contribution in [1.29, 1.82) is 0 Å². The van der Waals surface area contributed by atoms with E-state index < -0.39 is 0 Å². The number of aromatic nitrogens is 2. The van der Waals surface area contributed by atoms with Gasteiger partial charge in [0.15, 0.2) is 0 Å². The highest BCUT2D eigenvalue weighted by atomic mass is 32.2. The number of hydrogen-bond acceptors (Lipinski definition) is 4. The summed E-state index contributed by atoms with van der Waals surface area (Å²) in [4.78, 5) is 1.22. The standard InChI is InChI=1S/C19H21N3OS/c23-13-4-14-24-19-9-7-16(8-10-19)20-15-17-11-12-22(21-17)18-5-2-1-3-6-18/h1-3,5-12,20,23H,4,13-15H2. The van der Waals surface area contributed by atoms with Gasteiger partial charge >= 0.3 is 0 Å². The molecule has 0 bridgehead atoms. The van der Waals surface area contributed by atoms with Crippen LogP contribution in [0.25, 0.3) is 5.69 Å². The molecule has 0 spiro atoms. The number of para-hydroxylation sites is 1. The molecule has 0 aliphatic rings. The number of aliphatic hydroxyl groups is 1. The van der Waals surface area contributed by atoms with Gasteiger partial charge in [0, 0.05) is 29.1 Å². The lowest BCUT2D eigenvalue weighted by Crippen LogP contribution is -2.02. The van der Waals surface area contributed by atoms with Gasteiger partial charge in [0.25, 0.3) is 0 Å². The minimum atomic E-state index is 0.252. The fraction of sp³-hybridized carbons (Fsp3) is 0.211. The largest absolute Gasteiger partial charge is 0.396 e. The Balaban J connectivity index is 1.53. The first-order valence-electron chi connectivity index (χ1n) is 8.03. The monoisotopic (exact) mass is 339 g/mol. The van der Waals surface area contributed by atoms with E-state index in [2.05, 4.69) is 34.7 Å². The quantitative estimate of drug-likeness (QED) is 0.482. The Morgan fingerprint density at radius 1 is 1.00 bits per heavy atom. The van der Waals surface area contributed by atoms with Crippen molar-refractivity contribution in [1.82, 2.24) is 9.78 Å². The average molecular weight is 339 g/mol. The Bertz CT molecular complexity index is 741. The number of hydrogen-bond donors (Lipinski definition) is 2. The molecule has 2 aromatic carbocycles. The van der Waals surface area contributed by atoms with Gasteiger partial charge in [-0.25, -0.2) is 4.68 Å². The summed E-state index contributed by atoms with van der Waals surface area (Å²) in [5.41, 5.74) is 3.14. The van der Waals surface area contributed by atoms with E-state index in [9.17, 15) is 0 Å². The van der Waals surface area contributed by atoms with E-state index in [0.29, 0.717) is 6.54 Å². The first kappa shape index (κ1) is 16.6. The van der Waals surface area contributed by atoms with Gasteiger partial charge in [-0.15, -0.1) is 11.8 Å². The summed E-state index contributed by atoms with van der Waals surface area (Å²) in [6, 6.07) is 20.5. The van der Waals surface area contributed by atoms with Gasteiger partial charge < -0.3 is 10.4 Å². The lowest BCUT2D eigenvalue weighted by molar-refractivity contribution is 0.296. The van der Waals surface area contributed by atoms with Crippen LogP contribution in [0.15, 0.2) is 71.8 Å². The number of rotatable bonds is 8. The second-order valence-corrected chi connectivity index (χ2v) is 6.56. The van der Waals surface area contributed by atoms with Crippen LogP contribution in [-0.2, 0) is 6.54 Å². The van der Waals surface area contributed by atoms with Crippen molar-refractivity contribution in [2.24, 2.45) is 0 Å². The predicted octanol–water partition coefficient (Wildman–Crippen LogP) is 3.96.